The summed E-state index contributed by atoms with van der Waals surface area (Å²) < 4.78 is 6.84. The molecule has 22 heavy (non-hydrogen) atoms. The van der Waals surface area contributed by atoms with Gasteiger partial charge in [-0.2, -0.15) is 0 Å². The number of carbonyl (C=O) groups is 1. The average molecular weight is 361 g/mol. The van der Waals surface area contributed by atoms with Crippen molar-refractivity contribution in [3.63, 3.8) is 0 Å². The molecule has 0 unspecified atom stereocenters. The van der Waals surface area contributed by atoms with Crippen LogP contribution < -0.4 is 5.32 Å². The normalized spacial score (nSPS) is 10.7. The van der Waals surface area contributed by atoms with E-state index in [0.717, 1.165) is 0 Å². The Morgan fingerprint density at radius 1 is 1.45 bits per heavy atom. The predicted octanol–water partition coefficient (Wildman–Crippen LogP) is 2.96. The van der Waals surface area contributed by atoms with Crippen molar-refractivity contribution in [3.8, 4) is 0 Å². The molecule has 0 aliphatic heterocycles. The lowest BCUT2D eigenvalue weighted by atomic mass is 10.3. The number of amides is 1. The van der Waals surface area contributed by atoms with Gasteiger partial charge < -0.3 is 14.6 Å². The number of rotatable bonds is 7. The number of carbonyl (C=O) groups excluding carboxylic acids is 1. The Bertz CT molecular complexity index is 651. The number of nitrogens with one attached hydrogen (secondary N) is 1. The molecule has 0 spiro atoms. The maximum Gasteiger partial charge on any atom is 0.234 e. The second-order valence-corrected chi connectivity index (χ2v) is 6.05. The van der Waals surface area contributed by atoms with Crippen molar-refractivity contribution in [3.05, 3.63) is 34.6 Å². The topological polar surface area (TPSA) is 69.0 Å². The van der Waals surface area contributed by atoms with E-state index in [1.165, 1.54) is 11.8 Å². The molecule has 6 nitrogen and oxygen atoms in total. The van der Waals surface area contributed by atoms with Gasteiger partial charge in [-0.3, -0.25) is 4.79 Å². The van der Waals surface area contributed by atoms with Crippen LogP contribution in [-0.2, 0) is 16.1 Å². The molecule has 0 atom stereocenters. The highest BCUT2D eigenvalue weighted by Crippen LogP contribution is 2.25. The van der Waals surface area contributed by atoms with Gasteiger partial charge in [-0.1, -0.05) is 35.0 Å². The van der Waals surface area contributed by atoms with Gasteiger partial charge in [0.05, 0.1) is 23.1 Å². The highest BCUT2D eigenvalue weighted by atomic mass is 35.5. The summed E-state index contributed by atoms with van der Waals surface area (Å²) in [6, 6.07) is 4.90. The van der Waals surface area contributed by atoms with Gasteiger partial charge in [0.25, 0.3) is 0 Å². The van der Waals surface area contributed by atoms with Crippen molar-refractivity contribution in [2.45, 2.75) is 11.7 Å². The summed E-state index contributed by atoms with van der Waals surface area (Å²) in [5, 5.41) is 12.1. The first kappa shape index (κ1) is 17.1. The zero-order valence-corrected chi connectivity index (χ0v) is 14.1. The largest absolute Gasteiger partial charge is 0.383 e. The van der Waals surface area contributed by atoms with Crippen LogP contribution in [0.3, 0.4) is 0 Å². The van der Waals surface area contributed by atoms with Crippen LogP contribution in [0.15, 0.2) is 29.7 Å². The lowest BCUT2D eigenvalue weighted by Gasteiger charge is -2.08. The highest BCUT2D eigenvalue weighted by molar-refractivity contribution is 7.99. The van der Waals surface area contributed by atoms with E-state index in [-0.39, 0.29) is 11.7 Å². The first-order valence-corrected chi connectivity index (χ1v) is 8.08. The van der Waals surface area contributed by atoms with Gasteiger partial charge in [0.2, 0.25) is 5.91 Å². The van der Waals surface area contributed by atoms with E-state index < -0.39 is 0 Å². The van der Waals surface area contributed by atoms with Crippen molar-refractivity contribution >= 4 is 46.6 Å². The lowest BCUT2D eigenvalue weighted by molar-refractivity contribution is -0.113. The molecular weight excluding hydrogens is 347 g/mol. The molecule has 0 fully saturated rings. The Balaban J connectivity index is 1.89. The van der Waals surface area contributed by atoms with Crippen LogP contribution in [0.25, 0.3) is 0 Å². The van der Waals surface area contributed by atoms with Gasteiger partial charge >= 0.3 is 0 Å². The van der Waals surface area contributed by atoms with Gasteiger partial charge in [-0.05, 0) is 18.2 Å². The Kier molecular flexibility index (Phi) is 6.50. The molecule has 1 N–H and O–H groups in total. The summed E-state index contributed by atoms with van der Waals surface area (Å²) in [5.74, 6) is 0.0143. The molecule has 2 rings (SSSR count). The van der Waals surface area contributed by atoms with E-state index in [1.807, 2.05) is 4.57 Å². The number of ether oxygens (including phenoxy) is 1. The molecular formula is C13H14Cl2N4O2S. The molecule has 1 heterocycles. The Morgan fingerprint density at radius 2 is 2.27 bits per heavy atom. The second-order valence-electron chi connectivity index (χ2n) is 4.26. The molecule has 0 aliphatic rings. The minimum Gasteiger partial charge on any atom is -0.383 e. The van der Waals surface area contributed by atoms with Crippen LogP contribution in [0.1, 0.15) is 0 Å². The monoisotopic (exact) mass is 360 g/mol. The zero-order chi connectivity index (χ0) is 15.9. The second kappa shape index (κ2) is 8.38. The number of nitrogens with zero attached hydrogens (tertiary/aromatic N) is 3. The number of hydrogen-bond acceptors (Lipinski definition) is 5. The van der Waals surface area contributed by atoms with Crippen molar-refractivity contribution in [2.24, 2.45) is 0 Å². The average Bonchev–Trinajstić information content (AvgIpc) is 2.93. The van der Waals surface area contributed by atoms with Crippen LogP contribution in [0.5, 0.6) is 0 Å². The molecule has 0 saturated carbocycles. The van der Waals surface area contributed by atoms with E-state index in [1.54, 1.807) is 31.6 Å². The maximum absolute atomic E-state index is 12.0. The maximum atomic E-state index is 12.0. The van der Waals surface area contributed by atoms with E-state index in [9.17, 15) is 4.79 Å². The molecule has 2 aromatic rings. The number of hydrogen-bond donors (Lipinski definition) is 1. The summed E-state index contributed by atoms with van der Waals surface area (Å²) in [6.45, 7) is 1.19. The fourth-order valence-electron chi connectivity index (χ4n) is 1.61. The molecule has 0 radical (unpaired) electrons. The van der Waals surface area contributed by atoms with Crippen LogP contribution in [-0.4, -0.2) is 40.1 Å². The number of aromatic nitrogens is 3. The quantitative estimate of drug-likeness (QED) is 0.768. The molecule has 0 saturated heterocycles. The molecule has 9 heteroatoms. The fraction of sp³-hybridized carbons (Fsp3) is 0.308. The van der Waals surface area contributed by atoms with Crippen LogP contribution in [0, 0.1) is 0 Å². The van der Waals surface area contributed by atoms with E-state index in [4.69, 9.17) is 27.9 Å². The van der Waals surface area contributed by atoms with Crippen molar-refractivity contribution in [1.82, 2.24) is 14.8 Å². The molecule has 0 aliphatic carbocycles. The van der Waals surface area contributed by atoms with E-state index >= 15 is 0 Å². The summed E-state index contributed by atoms with van der Waals surface area (Å²) in [5.41, 5.74) is 0.525. The van der Waals surface area contributed by atoms with Crippen LogP contribution in [0.4, 0.5) is 5.69 Å². The molecule has 1 amide bonds. The van der Waals surface area contributed by atoms with Gasteiger partial charge in [0, 0.05) is 18.7 Å². The van der Waals surface area contributed by atoms with Crippen LogP contribution in [0.2, 0.25) is 10.0 Å². The highest BCUT2D eigenvalue weighted by Gasteiger charge is 2.10. The third kappa shape index (κ3) is 4.88. The Labute approximate surface area is 142 Å². The minimum atomic E-state index is -0.185. The minimum absolute atomic E-state index is 0.185. The SMILES string of the molecule is COCCn1cnnc1SCC(=O)Nc1ccc(Cl)cc1Cl. The zero-order valence-electron chi connectivity index (χ0n) is 11.8. The Hall–Kier alpha value is -1.28. The van der Waals surface area contributed by atoms with Gasteiger partial charge in [0.1, 0.15) is 6.33 Å². The van der Waals surface area contributed by atoms with Crippen molar-refractivity contribution < 1.29 is 9.53 Å². The molecule has 118 valence electrons. The predicted molar refractivity (Wildman–Crippen MR) is 87.7 cm³/mol. The Morgan fingerprint density at radius 3 is 3.00 bits per heavy atom. The summed E-state index contributed by atoms with van der Waals surface area (Å²) in [6.07, 6.45) is 1.61. The molecule has 0 bridgehead atoms. The fourth-order valence-corrected chi connectivity index (χ4v) is 2.80. The standard InChI is InChI=1S/C13H14Cl2N4O2S/c1-21-5-4-19-8-16-18-13(19)22-7-12(20)17-11-3-2-9(14)6-10(11)15/h2-3,6,8H,4-5,7H2,1H3,(H,17,20). The number of anilines is 1. The van der Waals surface area contributed by atoms with Crippen molar-refractivity contribution in [1.29, 1.82) is 0 Å². The van der Waals surface area contributed by atoms with Gasteiger partial charge in [-0.15, -0.1) is 10.2 Å². The third-order valence-corrected chi connectivity index (χ3v) is 4.18. The molecule has 1 aromatic heterocycles. The molecule has 1 aromatic carbocycles. The van der Waals surface area contributed by atoms with Gasteiger partial charge in [0.15, 0.2) is 5.16 Å². The number of thioether (sulfide) groups is 1. The van der Waals surface area contributed by atoms with Gasteiger partial charge in [-0.25, -0.2) is 0 Å². The number of benzene rings is 1. The summed E-state index contributed by atoms with van der Waals surface area (Å²) in [7, 11) is 1.63. The summed E-state index contributed by atoms with van der Waals surface area (Å²) in [4.78, 5) is 12.0. The van der Waals surface area contributed by atoms with E-state index in [2.05, 4.69) is 15.5 Å². The smallest absolute Gasteiger partial charge is 0.234 e. The lowest BCUT2D eigenvalue weighted by Crippen LogP contribution is -2.15. The third-order valence-electron chi connectivity index (χ3n) is 2.65. The number of methoxy groups -OCH3 is 1. The van der Waals surface area contributed by atoms with Crippen molar-refractivity contribution in [2.75, 3.05) is 24.8 Å². The summed E-state index contributed by atoms with van der Waals surface area (Å²) >= 11 is 13.1. The first-order valence-electron chi connectivity index (χ1n) is 6.34. The van der Waals surface area contributed by atoms with E-state index in [0.29, 0.717) is 34.0 Å². The first-order chi connectivity index (χ1) is 10.6. The van der Waals surface area contributed by atoms with Crippen LogP contribution >= 0.6 is 35.0 Å². The number of halogens is 2.